The molecule has 0 spiro atoms. The molecule has 3 atom stereocenters. The zero-order valence-corrected chi connectivity index (χ0v) is 21.6. The van der Waals surface area contributed by atoms with Gasteiger partial charge in [0.15, 0.2) is 0 Å². The molecule has 0 aromatic heterocycles. The molecule has 7 heteroatoms. The van der Waals surface area contributed by atoms with Gasteiger partial charge in [0.2, 0.25) is 11.8 Å². The van der Waals surface area contributed by atoms with Crippen LogP contribution in [-0.2, 0) is 18.7 Å². The van der Waals surface area contributed by atoms with Gasteiger partial charge in [0.1, 0.15) is 0 Å². The standard InChI is InChI=1S/C30H25BrN2O4/c31-30-22-9-3-1-7-20(22)24(21-8-2-4-10-23(21)30)25-26(30)29(36)33(28(25)35)18-13-11-17(12-14-18)27(34)32-16-19-6-5-15-37-19/h1-4,7-14,19,24-26H,5-6,15-16H2,(H,32,34)/t19-,24?,25+,26-,30?/m0/s1. The smallest absolute Gasteiger partial charge is 0.251 e. The summed E-state index contributed by atoms with van der Waals surface area (Å²) in [6.07, 6.45) is 2.03. The van der Waals surface area contributed by atoms with Crippen molar-refractivity contribution in [3.05, 3.63) is 101 Å². The molecule has 3 aromatic carbocycles. The van der Waals surface area contributed by atoms with Gasteiger partial charge in [-0.1, -0.05) is 64.5 Å². The fraction of sp³-hybridized carbons (Fsp3) is 0.300. The van der Waals surface area contributed by atoms with Gasteiger partial charge in [0, 0.05) is 24.6 Å². The first-order chi connectivity index (χ1) is 18.0. The van der Waals surface area contributed by atoms with Crippen molar-refractivity contribution in [2.45, 2.75) is 29.2 Å². The maximum absolute atomic E-state index is 14.0. The Bertz CT molecular complexity index is 1400. The second kappa shape index (κ2) is 8.36. The Kier molecular flexibility index (Phi) is 5.17. The van der Waals surface area contributed by atoms with Gasteiger partial charge in [-0.3, -0.25) is 14.4 Å². The van der Waals surface area contributed by atoms with E-state index in [0.717, 1.165) is 41.7 Å². The van der Waals surface area contributed by atoms with Crippen LogP contribution in [0.3, 0.4) is 0 Å². The molecule has 0 unspecified atom stereocenters. The van der Waals surface area contributed by atoms with E-state index < -0.39 is 16.2 Å². The molecular formula is C30H25BrN2O4. The van der Waals surface area contributed by atoms with Crippen LogP contribution >= 0.6 is 15.9 Å². The summed E-state index contributed by atoms with van der Waals surface area (Å²) in [6, 6.07) is 23.0. The third-order valence-corrected chi connectivity index (χ3v) is 9.76. The number of carbonyl (C=O) groups excluding carboxylic acids is 3. The highest BCUT2D eigenvalue weighted by Crippen LogP contribution is 2.66. The monoisotopic (exact) mass is 556 g/mol. The van der Waals surface area contributed by atoms with Gasteiger partial charge in [-0.15, -0.1) is 0 Å². The first-order valence-corrected chi connectivity index (χ1v) is 13.5. The molecule has 0 radical (unpaired) electrons. The van der Waals surface area contributed by atoms with Gasteiger partial charge in [-0.05, 0) is 59.4 Å². The van der Waals surface area contributed by atoms with Crippen molar-refractivity contribution in [2.75, 3.05) is 18.1 Å². The molecule has 1 N–H and O–H groups in total. The van der Waals surface area contributed by atoms with E-state index in [9.17, 15) is 14.4 Å². The summed E-state index contributed by atoms with van der Waals surface area (Å²) in [5, 5.41) is 2.92. The molecule has 2 saturated heterocycles. The lowest BCUT2D eigenvalue weighted by atomic mass is 9.55. The molecular weight excluding hydrogens is 532 g/mol. The highest BCUT2D eigenvalue weighted by atomic mass is 79.9. The molecule has 3 amide bonds. The van der Waals surface area contributed by atoms with Crippen LogP contribution in [0, 0.1) is 11.8 Å². The number of halogens is 1. The average molecular weight is 557 g/mol. The molecule has 2 bridgehead atoms. The molecule has 8 rings (SSSR count). The Morgan fingerprint density at radius 3 is 2.22 bits per heavy atom. The van der Waals surface area contributed by atoms with Crippen LogP contribution in [0.1, 0.15) is 51.4 Å². The molecule has 3 aromatic rings. The quantitative estimate of drug-likeness (QED) is 0.379. The van der Waals surface area contributed by atoms with Gasteiger partial charge in [0.25, 0.3) is 5.91 Å². The number of imide groups is 1. The summed E-state index contributed by atoms with van der Waals surface area (Å²) in [4.78, 5) is 41.9. The number of hydrogen-bond acceptors (Lipinski definition) is 4. The van der Waals surface area contributed by atoms with E-state index in [1.165, 1.54) is 4.90 Å². The molecule has 2 fully saturated rings. The van der Waals surface area contributed by atoms with E-state index in [1.807, 2.05) is 24.3 Å². The fourth-order valence-corrected chi connectivity index (χ4v) is 8.01. The van der Waals surface area contributed by atoms with Crippen LogP contribution in [0.15, 0.2) is 72.8 Å². The van der Waals surface area contributed by atoms with E-state index in [4.69, 9.17) is 4.74 Å². The third-order valence-electron chi connectivity index (χ3n) is 8.42. The van der Waals surface area contributed by atoms with E-state index in [2.05, 4.69) is 45.5 Å². The number of hydrogen-bond donors (Lipinski definition) is 1. The van der Waals surface area contributed by atoms with Crippen molar-refractivity contribution in [3.63, 3.8) is 0 Å². The van der Waals surface area contributed by atoms with E-state index in [1.54, 1.807) is 24.3 Å². The summed E-state index contributed by atoms with van der Waals surface area (Å²) in [5.74, 6) is -1.82. The Morgan fingerprint density at radius 1 is 0.946 bits per heavy atom. The second-order valence-corrected chi connectivity index (χ2v) is 11.5. The van der Waals surface area contributed by atoms with Crippen molar-refractivity contribution in [2.24, 2.45) is 11.8 Å². The Hall–Kier alpha value is -3.29. The van der Waals surface area contributed by atoms with Crippen LogP contribution in [0.2, 0.25) is 0 Å². The number of rotatable bonds is 4. The van der Waals surface area contributed by atoms with Gasteiger partial charge in [-0.2, -0.15) is 0 Å². The van der Waals surface area contributed by atoms with Crippen LogP contribution in [-0.4, -0.2) is 37.0 Å². The van der Waals surface area contributed by atoms with E-state index >= 15 is 0 Å². The minimum Gasteiger partial charge on any atom is -0.376 e. The second-order valence-electron chi connectivity index (χ2n) is 10.3. The number of alkyl halides is 1. The summed E-state index contributed by atoms with van der Waals surface area (Å²) in [5.41, 5.74) is 5.28. The zero-order valence-electron chi connectivity index (χ0n) is 20.0. The van der Waals surface area contributed by atoms with Crippen molar-refractivity contribution in [1.82, 2.24) is 5.32 Å². The molecule has 37 heavy (non-hydrogen) atoms. The van der Waals surface area contributed by atoms with Crippen LogP contribution < -0.4 is 10.2 Å². The minimum absolute atomic E-state index is 0.0617. The van der Waals surface area contributed by atoms with Gasteiger partial charge in [0.05, 0.1) is 28.0 Å². The first-order valence-electron chi connectivity index (χ1n) is 12.8. The summed E-state index contributed by atoms with van der Waals surface area (Å²) < 4.78 is 4.80. The lowest BCUT2D eigenvalue weighted by Gasteiger charge is -2.51. The molecule has 6 nitrogen and oxygen atoms in total. The normalized spacial score (nSPS) is 29.2. The first kappa shape index (κ1) is 22.9. The van der Waals surface area contributed by atoms with E-state index in [-0.39, 0.29) is 29.7 Å². The average Bonchev–Trinajstić information content (AvgIpc) is 3.54. The molecule has 0 saturated carbocycles. The Labute approximate surface area is 223 Å². The maximum Gasteiger partial charge on any atom is 0.251 e. The topological polar surface area (TPSA) is 75.7 Å². The van der Waals surface area contributed by atoms with Crippen molar-refractivity contribution < 1.29 is 19.1 Å². The molecule has 186 valence electrons. The molecule has 2 heterocycles. The summed E-state index contributed by atoms with van der Waals surface area (Å²) in [6.45, 7) is 1.21. The number of amides is 3. The predicted molar refractivity (Wildman–Crippen MR) is 142 cm³/mol. The van der Waals surface area contributed by atoms with Gasteiger partial charge in [-0.25, -0.2) is 4.90 Å². The maximum atomic E-state index is 14.0. The number of nitrogens with zero attached hydrogens (tertiary/aromatic N) is 1. The fourth-order valence-electron chi connectivity index (χ4n) is 6.81. The number of anilines is 1. The Morgan fingerprint density at radius 2 is 1.59 bits per heavy atom. The minimum atomic E-state index is -0.775. The van der Waals surface area contributed by atoms with Crippen molar-refractivity contribution >= 4 is 39.3 Å². The van der Waals surface area contributed by atoms with Crippen molar-refractivity contribution in [3.8, 4) is 0 Å². The molecule has 2 aliphatic heterocycles. The predicted octanol–water partition coefficient (Wildman–Crippen LogP) is 4.50. The molecule has 5 aliphatic rings. The number of benzene rings is 3. The van der Waals surface area contributed by atoms with Crippen LogP contribution in [0.4, 0.5) is 5.69 Å². The number of carbonyl (C=O) groups is 3. The number of nitrogens with one attached hydrogen (secondary N) is 1. The van der Waals surface area contributed by atoms with Crippen LogP contribution in [0.25, 0.3) is 0 Å². The number of ether oxygens (including phenoxy) is 1. The lowest BCUT2D eigenvalue weighted by Crippen LogP contribution is -2.50. The third kappa shape index (κ3) is 3.17. The molecule has 3 aliphatic carbocycles. The SMILES string of the molecule is O=C(NC[C@@H]1CCCO1)c1ccc(N2C(=O)[C@@H]3C4c5ccccc5C(Br)(c5ccccc54)[C@@H]3C2=O)cc1. The summed E-state index contributed by atoms with van der Waals surface area (Å²) >= 11 is 4.02. The van der Waals surface area contributed by atoms with Gasteiger partial charge >= 0.3 is 0 Å². The Balaban J connectivity index is 1.22. The van der Waals surface area contributed by atoms with Gasteiger partial charge < -0.3 is 10.1 Å². The van der Waals surface area contributed by atoms with Crippen molar-refractivity contribution in [1.29, 1.82) is 0 Å². The lowest BCUT2D eigenvalue weighted by molar-refractivity contribution is -0.122. The highest BCUT2D eigenvalue weighted by molar-refractivity contribution is 9.09. The zero-order chi connectivity index (χ0) is 25.3. The largest absolute Gasteiger partial charge is 0.376 e. The van der Waals surface area contributed by atoms with Crippen LogP contribution in [0.5, 0.6) is 0 Å². The van der Waals surface area contributed by atoms with E-state index in [0.29, 0.717) is 17.8 Å². The summed E-state index contributed by atoms with van der Waals surface area (Å²) in [7, 11) is 0. The highest BCUT2D eigenvalue weighted by Gasteiger charge is 2.67.